The van der Waals surface area contributed by atoms with Gasteiger partial charge in [0.1, 0.15) is 0 Å². The van der Waals surface area contributed by atoms with Gasteiger partial charge in [0.2, 0.25) is 10.0 Å². The van der Waals surface area contributed by atoms with Crippen molar-refractivity contribution in [3.05, 3.63) is 18.0 Å². The monoisotopic (exact) mass is 315 g/mol. The second kappa shape index (κ2) is 6.10. The Morgan fingerprint density at radius 1 is 1.19 bits per heavy atom. The van der Waals surface area contributed by atoms with Crippen LogP contribution in [-0.4, -0.2) is 25.6 Å². The van der Waals surface area contributed by atoms with Crippen LogP contribution in [0.1, 0.15) is 46.7 Å². The van der Waals surface area contributed by atoms with Crippen LogP contribution in [-0.2, 0) is 23.6 Å². The van der Waals surface area contributed by atoms with Crippen LogP contribution in [0.3, 0.4) is 0 Å². The molecular weight excluding hydrogens is 286 g/mol. The molecule has 0 spiro atoms. The summed E-state index contributed by atoms with van der Waals surface area (Å²) in [6.07, 6.45) is 2.41. The summed E-state index contributed by atoms with van der Waals surface area (Å²) in [5, 5.41) is 3.03. The smallest absolute Gasteiger partial charge is 0.242 e. The summed E-state index contributed by atoms with van der Waals surface area (Å²) in [7, 11) is 0.183. The van der Waals surface area contributed by atoms with Crippen LogP contribution in [0.15, 0.2) is 17.2 Å². The summed E-state index contributed by atoms with van der Waals surface area (Å²) in [5.41, 5.74) is 0.502. The van der Waals surface area contributed by atoms with Gasteiger partial charge >= 0.3 is 0 Å². The normalized spacial score (nSPS) is 13.7. The summed E-state index contributed by atoms with van der Waals surface area (Å²) in [6.45, 7) is 10.8. The van der Waals surface area contributed by atoms with Gasteiger partial charge in [-0.2, -0.15) is 0 Å². The predicted octanol–water partition coefficient (Wildman–Crippen LogP) is 2.24. The third-order valence-corrected chi connectivity index (χ3v) is 4.80. The highest BCUT2D eigenvalue weighted by Gasteiger charge is 2.31. The van der Waals surface area contributed by atoms with Crippen LogP contribution in [0.2, 0.25) is 0 Å². The highest BCUT2D eigenvalue weighted by atomic mass is 32.2. The minimum Gasteiger partial charge on any atom is -0.352 e. The van der Waals surface area contributed by atoms with Gasteiger partial charge in [-0.25, -0.2) is 13.1 Å². The molecule has 1 heterocycles. The Labute approximate surface area is 129 Å². The fourth-order valence-corrected chi connectivity index (χ4v) is 4.37. The molecule has 0 aliphatic heterocycles. The van der Waals surface area contributed by atoms with Crippen LogP contribution in [0.4, 0.5) is 0 Å². The van der Waals surface area contributed by atoms with E-state index in [1.54, 1.807) is 12.3 Å². The molecule has 0 fully saturated rings. The van der Waals surface area contributed by atoms with E-state index in [-0.39, 0.29) is 5.41 Å². The molecule has 1 aromatic heterocycles. The minimum absolute atomic E-state index is 0.0556. The van der Waals surface area contributed by atoms with Crippen LogP contribution in [0, 0.1) is 5.41 Å². The van der Waals surface area contributed by atoms with E-state index < -0.39 is 15.6 Å². The van der Waals surface area contributed by atoms with Gasteiger partial charge in [0, 0.05) is 31.0 Å². The third-order valence-electron chi connectivity index (χ3n) is 3.13. The van der Waals surface area contributed by atoms with Gasteiger partial charge in [0.05, 0.1) is 4.90 Å². The standard InChI is InChI=1S/C15H29N3O2S/c1-14(2,3)11-15(4,5)17-21(19,20)13-8-12(9-16-6)18(7)10-13/h8,10,16-17H,9,11H2,1-7H3. The number of nitrogens with one attached hydrogen (secondary N) is 2. The van der Waals surface area contributed by atoms with Gasteiger partial charge in [0.15, 0.2) is 0 Å². The molecule has 2 N–H and O–H groups in total. The van der Waals surface area contributed by atoms with Crippen molar-refractivity contribution in [2.45, 2.75) is 58.0 Å². The molecule has 5 nitrogen and oxygen atoms in total. The van der Waals surface area contributed by atoms with Crippen molar-refractivity contribution in [3.8, 4) is 0 Å². The van der Waals surface area contributed by atoms with E-state index >= 15 is 0 Å². The van der Waals surface area contributed by atoms with E-state index in [1.165, 1.54) is 0 Å². The number of nitrogens with zero attached hydrogens (tertiary/aromatic N) is 1. The van der Waals surface area contributed by atoms with Crippen molar-refractivity contribution in [1.29, 1.82) is 0 Å². The molecule has 0 aromatic carbocycles. The van der Waals surface area contributed by atoms with E-state index in [9.17, 15) is 8.42 Å². The molecular formula is C15H29N3O2S. The first-order chi connectivity index (χ1) is 9.36. The molecule has 0 amide bonds. The highest BCUT2D eigenvalue weighted by Crippen LogP contribution is 2.28. The molecule has 0 unspecified atom stereocenters. The van der Waals surface area contributed by atoms with Gasteiger partial charge in [-0.1, -0.05) is 20.8 Å². The number of sulfonamides is 1. The van der Waals surface area contributed by atoms with E-state index in [1.807, 2.05) is 32.5 Å². The van der Waals surface area contributed by atoms with Crippen molar-refractivity contribution in [2.24, 2.45) is 12.5 Å². The lowest BCUT2D eigenvalue weighted by Crippen LogP contribution is -2.45. The van der Waals surface area contributed by atoms with Gasteiger partial charge in [-0.15, -0.1) is 0 Å². The largest absolute Gasteiger partial charge is 0.352 e. The topological polar surface area (TPSA) is 63.1 Å². The summed E-state index contributed by atoms with van der Waals surface area (Å²) < 4.78 is 29.8. The van der Waals surface area contributed by atoms with Crippen molar-refractivity contribution >= 4 is 10.0 Å². The highest BCUT2D eigenvalue weighted by molar-refractivity contribution is 7.89. The molecule has 0 aliphatic rings. The van der Waals surface area contributed by atoms with Crippen molar-refractivity contribution < 1.29 is 8.42 Å². The first-order valence-electron chi connectivity index (χ1n) is 7.20. The van der Waals surface area contributed by atoms with Gasteiger partial charge in [-0.05, 0) is 38.8 Å². The van der Waals surface area contributed by atoms with Crippen LogP contribution in [0.5, 0.6) is 0 Å². The van der Waals surface area contributed by atoms with Crippen LogP contribution < -0.4 is 10.0 Å². The maximum absolute atomic E-state index is 12.6. The van der Waals surface area contributed by atoms with Gasteiger partial charge in [-0.3, -0.25) is 0 Å². The zero-order chi connectivity index (χ0) is 16.5. The summed E-state index contributed by atoms with van der Waals surface area (Å²) >= 11 is 0. The maximum atomic E-state index is 12.6. The van der Waals surface area contributed by atoms with Crippen LogP contribution >= 0.6 is 0 Å². The Kier molecular flexibility index (Phi) is 5.29. The Hall–Kier alpha value is -0.850. The Morgan fingerprint density at radius 3 is 2.24 bits per heavy atom. The zero-order valence-corrected chi connectivity index (χ0v) is 15.1. The Bertz CT molecular complexity index is 581. The molecule has 1 rings (SSSR count). The van der Waals surface area contributed by atoms with Crippen molar-refractivity contribution in [2.75, 3.05) is 7.05 Å². The molecule has 6 heteroatoms. The summed E-state index contributed by atoms with van der Waals surface area (Å²) in [6, 6.07) is 1.71. The first kappa shape index (κ1) is 18.2. The second-order valence-corrected chi connectivity index (χ2v) is 9.22. The van der Waals surface area contributed by atoms with E-state index in [0.717, 1.165) is 12.1 Å². The molecule has 0 saturated carbocycles. The van der Waals surface area contributed by atoms with Crippen molar-refractivity contribution in [3.63, 3.8) is 0 Å². The number of aryl methyl sites for hydroxylation is 1. The maximum Gasteiger partial charge on any atom is 0.242 e. The van der Waals surface area contributed by atoms with Gasteiger partial charge < -0.3 is 9.88 Å². The van der Waals surface area contributed by atoms with E-state index in [0.29, 0.717) is 11.4 Å². The predicted molar refractivity (Wildman–Crippen MR) is 86.6 cm³/mol. The van der Waals surface area contributed by atoms with E-state index in [4.69, 9.17) is 0 Å². The van der Waals surface area contributed by atoms with E-state index in [2.05, 4.69) is 30.8 Å². The lowest BCUT2D eigenvalue weighted by Gasteiger charge is -2.32. The summed E-state index contributed by atoms with van der Waals surface area (Å²) in [4.78, 5) is 0.317. The quantitative estimate of drug-likeness (QED) is 0.846. The average Bonchev–Trinajstić information content (AvgIpc) is 2.56. The average molecular weight is 315 g/mol. The number of rotatable bonds is 6. The van der Waals surface area contributed by atoms with Crippen LogP contribution in [0.25, 0.3) is 0 Å². The molecule has 0 saturated heterocycles. The number of hydrogen-bond donors (Lipinski definition) is 2. The molecule has 21 heavy (non-hydrogen) atoms. The minimum atomic E-state index is -3.51. The second-order valence-electron chi connectivity index (χ2n) is 7.54. The number of aromatic nitrogens is 1. The first-order valence-corrected chi connectivity index (χ1v) is 8.68. The zero-order valence-electron chi connectivity index (χ0n) is 14.2. The Balaban J connectivity index is 2.98. The lowest BCUT2D eigenvalue weighted by molar-refractivity contribution is 0.269. The fraction of sp³-hybridized carbons (Fsp3) is 0.733. The molecule has 0 bridgehead atoms. The number of hydrogen-bond acceptors (Lipinski definition) is 3. The summed E-state index contributed by atoms with van der Waals surface area (Å²) in [5.74, 6) is 0. The van der Waals surface area contributed by atoms with Crippen molar-refractivity contribution in [1.82, 2.24) is 14.6 Å². The molecule has 0 radical (unpaired) electrons. The lowest BCUT2D eigenvalue weighted by atomic mass is 9.82. The molecule has 122 valence electrons. The fourth-order valence-electron chi connectivity index (χ4n) is 2.87. The Morgan fingerprint density at radius 2 is 1.76 bits per heavy atom. The molecule has 1 aromatic rings. The molecule has 0 aliphatic carbocycles. The SMILES string of the molecule is CNCc1cc(S(=O)(=O)NC(C)(C)CC(C)(C)C)cn1C. The van der Waals surface area contributed by atoms with Gasteiger partial charge in [0.25, 0.3) is 0 Å². The third kappa shape index (κ3) is 5.45. The molecule has 0 atom stereocenters.